The zero-order chi connectivity index (χ0) is 21.2. The van der Waals surface area contributed by atoms with Crippen LogP contribution in [0.25, 0.3) is 10.8 Å². The number of benzene rings is 3. The summed E-state index contributed by atoms with van der Waals surface area (Å²) in [5.41, 5.74) is 0.161. The molecule has 3 aromatic carbocycles. The zero-order valence-electron chi connectivity index (χ0n) is 16.7. The Balaban J connectivity index is 1.87. The van der Waals surface area contributed by atoms with Crippen LogP contribution in [0.1, 0.15) is 24.2 Å². The maximum Gasteiger partial charge on any atom is 0.343 e. The number of ether oxygens (including phenoxy) is 2. The highest BCUT2D eigenvalue weighted by Crippen LogP contribution is 2.26. The van der Waals surface area contributed by atoms with Gasteiger partial charge in [-0.25, -0.2) is 13.2 Å². The molecule has 6 nitrogen and oxygen atoms in total. The van der Waals surface area contributed by atoms with Crippen LogP contribution in [0.2, 0.25) is 0 Å². The van der Waals surface area contributed by atoms with Crippen molar-refractivity contribution in [2.75, 3.05) is 14.2 Å². The van der Waals surface area contributed by atoms with E-state index in [0.29, 0.717) is 11.5 Å². The summed E-state index contributed by atoms with van der Waals surface area (Å²) in [6.45, 7) is 3.56. The first kappa shape index (κ1) is 20.8. The summed E-state index contributed by atoms with van der Waals surface area (Å²) in [5, 5.41) is 1.85. The van der Waals surface area contributed by atoms with Crippen LogP contribution in [0.4, 0.5) is 0 Å². The van der Waals surface area contributed by atoms with E-state index in [0.717, 1.165) is 10.8 Å². The fourth-order valence-electron chi connectivity index (χ4n) is 2.79. The number of esters is 1. The van der Waals surface area contributed by atoms with Crippen LogP contribution in [-0.4, -0.2) is 38.9 Å². The highest BCUT2D eigenvalue weighted by atomic mass is 32.2. The van der Waals surface area contributed by atoms with Gasteiger partial charge in [0.1, 0.15) is 11.5 Å². The molecule has 3 aromatic rings. The van der Waals surface area contributed by atoms with Gasteiger partial charge in [-0.05, 0) is 67.1 Å². The molecule has 0 N–H and O–H groups in total. The van der Waals surface area contributed by atoms with Gasteiger partial charge in [-0.1, -0.05) is 18.2 Å². The monoisotopic (exact) mass is 413 g/mol. The van der Waals surface area contributed by atoms with E-state index < -0.39 is 16.0 Å². The van der Waals surface area contributed by atoms with Gasteiger partial charge in [0.15, 0.2) is 0 Å². The molecule has 0 aromatic heterocycles. The largest absolute Gasteiger partial charge is 0.497 e. The molecule has 7 heteroatoms. The number of hydrogen-bond acceptors (Lipinski definition) is 5. The maximum absolute atomic E-state index is 12.7. The second kappa shape index (κ2) is 8.23. The quantitative estimate of drug-likeness (QED) is 0.449. The van der Waals surface area contributed by atoms with E-state index in [1.165, 1.54) is 35.6 Å². The molecule has 0 aliphatic heterocycles. The number of carbonyl (C=O) groups is 1. The molecule has 0 spiro atoms. The minimum atomic E-state index is -3.69. The lowest BCUT2D eigenvalue weighted by Crippen LogP contribution is -2.33. The van der Waals surface area contributed by atoms with Gasteiger partial charge >= 0.3 is 5.97 Å². The molecule has 0 saturated carbocycles. The van der Waals surface area contributed by atoms with Gasteiger partial charge in [-0.2, -0.15) is 4.31 Å². The third kappa shape index (κ3) is 4.41. The van der Waals surface area contributed by atoms with Gasteiger partial charge < -0.3 is 9.47 Å². The van der Waals surface area contributed by atoms with E-state index in [-0.39, 0.29) is 16.5 Å². The van der Waals surface area contributed by atoms with Crippen LogP contribution in [0, 0.1) is 0 Å². The smallest absolute Gasteiger partial charge is 0.343 e. The number of hydrogen-bond donors (Lipinski definition) is 0. The Morgan fingerprint density at radius 2 is 1.59 bits per heavy atom. The van der Waals surface area contributed by atoms with E-state index in [1.54, 1.807) is 33.1 Å². The predicted octanol–water partition coefficient (Wildman–Crippen LogP) is 4.10. The Labute approximate surface area is 170 Å². The number of methoxy groups -OCH3 is 1. The number of sulfonamides is 1. The van der Waals surface area contributed by atoms with Crippen molar-refractivity contribution in [3.05, 3.63) is 66.2 Å². The number of rotatable bonds is 6. The topological polar surface area (TPSA) is 72.9 Å². The molecule has 0 aliphatic rings. The van der Waals surface area contributed by atoms with Crippen molar-refractivity contribution < 1.29 is 22.7 Å². The average molecular weight is 413 g/mol. The fraction of sp³-hybridized carbons (Fsp3) is 0.227. The van der Waals surface area contributed by atoms with Crippen molar-refractivity contribution in [2.45, 2.75) is 24.8 Å². The SMILES string of the molecule is COc1ccc2ccc(OC(=O)c3cccc(S(=O)(=O)N(C)C(C)C)c3)cc2c1. The molecule has 0 bridgehead atoms. The van der Waals surface area contributed by atoms with Crippen LogP contribution < -0.4 is 9.47 Å². The molecule has 152 valence electrons. The highest BCUT2D eigenvalue weighted by Gasteiger charge is 2.24. The van der Waals surface area contributed by atoms with E-state index in [2.05, 4.69) is 0 Å². The molecule has 0 unspecified atom stereocenters. The Kier molecular flexibility index (Phi) is 5.91. The van der Waals surface area contributed by atoms with Crippen molar-refractivity contribution in [1.82, 2.24) is 4.31 Å². The highest BCUT2D eigenvalue weighted by molar-refractivity contribution is 7.89. The molecule has 0 amide bonds. The fourth-order valence-corrected chi connectivity index (χ4v) is 4.20. The van der Waals surface area contributed by atoms with Crippen LogP contribution in [0.5, 0.6) is 11.5 Å². The summed E-state index contributed by atoms with van der Waals surface area (Å²) < 4.78 is 37.3. The summed E-state index contributed by atoms with van der Waals surface area (Å²) >= 11 is 0. The Bertz CT molecular complexity index is 1150. The lowest BCUT2D eigenvalue weighted by atomic mass is 10.1. The Morgan fingerprint density at radius 1 is 0.931 bits per heavy atom. The van der Waals surface area contributed by atoms with E-state index >= 15 is 0 Å². The standard InChI is InChI=1S/C22H23NO5S/c1-15(2)23(3)29(25,26)21-7-5-6-17(14-21)22(24)28-20-11-9-16-8-10-19(27-4)12-18(16)13-20/h5-15H,1-4H3. The normalized spacial score (nSPS) is 11.8. The first-order valence-corrected chi connectivity index (χ1v) is 10.5. The van der Waals surface area contributed by atoms with Crippen LogP contribution >= 0.6 is 0 Å². The van der Waals surface area contributed by atoms with Crippen molar-refractivity contribution >= 4 is 26.8 Å². The molecular weight excluding hydrogens is 390 g/mol. The van der Waals surface area contributed by atoms with Crippen LogP contribution in [0.15, 0.2) is 65.6 Å². The molecule has 0 saturated heterocycles. The van der Waals surface area contributed by atoms with Gasteiger partial charge in [0.2, 0.25) is 10.0 Å². The summed E-state index contributed by atoms with van der Waals surface area (Å²) in [5.74, 6) is 0.438. The molecule has 0 radical (unpaired) electrons. The predicted molar refractivity (Wildman–Crippen MR) is 112 cm³/mol. The lowest BCUT2D eigenvalue weighted by Gasteiger charge is -2.21. The molecular formula is C22H23NO5S. The third-order valence-electron chi connectivity index (χ3n) is 4.70. The third-order valence-corrected chi connectivity index (χ3v) is 6.73. The molecule has 0 aliphatic carbocycles. The average Bonchev–Trinajstić information content (AvgIpc) is 2.72. The molecule has 3 rings (SSSR count). The molecule has 0 atom stereocenters. The van der Waals surface area contributed by atoms with Gasteiger partial charge in [-0.3, -0.25) is 0 Å². The maximum atomic E-state index is 12.7. The summed E-state index contributed by atoms with van der Waals surface area (Å²) in [6, 6.07) is 16.6. The van der Waals surface area contributed by atoms with E-state index in [1.807, 2.05) is 24.3 Å². The van der Waals surface area contributed by atoms with Gasteiger partial charge in [0, 0.05) is 13.1 Å². The molecule has 0 fully saturated rings. The minimum Gasteiger partial charge on any atom is -0.497 e. The number of nitrogens with zero attached hydrogens (tertiary/aromatic N) is 1. The van der Waals surface area contributed by atoms with Crippen LogP contribution in [0.3, 0.4) is 0 Å². The molecule has 0 heterocycles. The first-order chi connectivity index (χ1) is 13.7. The summed E-state index contributed by atoms with van der Waals surface area (Å²) in [6.07, 6.45) is 0. The van der Waals surface area contributed by atoms with Gasteiger partial charge in [0.05, 0.1) is 17.6 Å². The number of fused-ring (bicyclic) bond motifs is 1. The Hall–Kier alpha value is -2.90. The van der Waals surface area contributed by atoms with Crippen molar-refractivity contribution in [3.63, 3.8) is 0 Å². The Morgan fingerprint density at radius 3 is 2.24 bits per heavy atom. The number of carbonyl (C=O) groups excluding carboxylic acids is 1. The minimum absolute atomic E-state index is 0.0476. The van der Waals surface area contributed by atoms with Crippen molar-refractivity contribution in [2.24, 2.45) is 0 Å². The van der Waals surface area contributed by atoms with E-state index in [9.17, 15) is 13.2 Å². The first-order valence-electron chi connectivity index (χ1n) is 9.10. The van der Waals surface area contributed by atoms with E-state index in [4.69, 9.17) is 9.47 Å². The lowest BCUT2D eigenvalue weighted by molar-refractivity contribution is 0.0734. The summed E-state index contributed by atoms with van der Waals surface area (Å²) in [4.78, 5) is 12.6. The second-order valence-corrected chi connectivity index (χ2v) is 8.90. The zero-order valence-corrected chi connectivity index (χ0v) is 17.6. The summed E-state index contributed by atoms with van der Waals surface area (Å²) in [7, 11) is -0.598. The second-order valence-electron chi connectivity index (χ2n) is 6.91. The van der Waals surface area contributed by atoms with Crippen molar-refractivity contribution in [3.8, 4) is 11.5 Å². The van der Waals surface area contributed by atoms with Gasteiger partial charge in [-0.15, -0.1) is 0 Å². The van der Waals surface area contributed by atoms with Crippen molar-refractivity contribution in [1.29, 1.82) is 0 Å². The molecule has 29 heavy (non-hydrogen) atoms. The van der Waals surface area contributed by atoms with Gasteiger partial charge in [0.25, 0.3) is 0 Å². The van der Waals surface area contributed by atoms with Crippen LogP contribution in [-0.2, 0) is 10.0 Å².